The second kappa shape index (κ2) is 5.57. The minimum atomic E-state index is 0.702. The molecule has 0 unspecified atom stereocenters. The van der Waals surface area contributed by atoms with Crippen LogP contribution in [0.4, 0.5) is 0 Å². The van der Waals surface area contributed by atoms with Crippen molar-refractivity contribution in [2.45, 2.75) is 25.9 Å². The number of imidazole rings is 1. The van der Waals surface area contributed by atoms with Crippen LogP contribution < -0.4 is 0 Å². The van der Waals surface area contributed by atoms with Crippen LogP contribution >= 0.6 is 0 Å². The first kappa shape index (κ1) is 13.5. The van der Waals surface area contributed by atoms with Crippen LogP contribution in [0.25, 0.3) is 5.52 Å². The van der Waals surface area contributed by atoms with Gasteiger partial charge in [0.25, 0.3) is 0 Å². The number of hydrogen-bond acceptors (Lipinski definition) is 3. The fourth-order valence-corrected chi connectivity index (χ4v) is 3.49. The third kappa shape index (κ3) is 2.52. The van der Waals surface area contributed by atoms with E-state index in [-0.39, 0.29) is 0 Å². The van der Waals surface area contributed by atoms with E-state index in [2.05, 4.69) is 44.9 Å². The number of aryl methyl sites for hydroxylation is 1. The standard InChI is InChI=1S/C17H21N5/c1-20(11-14-5-6-17-18-7-9-21(17)12-14)13-15-10-19-22-8-3-2-4-16(15)22/h2-4,7-10,14H,5-6,11-13H2,1H3/t14-/m1/s1. The average molecular weight is 295 g/mol. The lowest BCUT2D eigenvalue weighted by Crippen LogP contribution is -2.31. The molecule has 0 fully saturated rings. The topological polar surface area (TPSA) is 38.4 Å². The number of nitrogens with zero attached hydrogens (tertiary/aromatic N) is 5. The van der Waals surface area contributed by atoms with Gasteiger partial charge in [-0.05, 0) is 31.5 Å². The third-order valence-corrected chi connectivity index (χ3v) is 4.55. The van der Waals surface area contributed by atoms with Gasteiger partial charge in [0, 0.05) is 50.2 Å². The molecular weight excluding hydrogens is 274 g/mol. The highest BCUT2D eigenvalue weighted by Crippen LogP contribution is 2.20. The van der Waals surface area contributed by atoms with E-state index in [1.54, 1.807) is 0 Å². The summed E-state index contributed by atoms with van der Waals surface area (Å²) in [7, 11) is 2.20. The molecule has 0 bridgehead atoms. The maximum absolute atomic E-state index is 4.42. The molecule has 4 rings (SSSR count). The van der Waals surface area contributed by atoms with E-state index in [0.29, 0.717) is 5.92 Å². The van der Waals surface area contributed by atoms with Gasteiger partial charge >= 0.3 is 0 Å². The maximum atomic E-state index is 4.42. The summed E-state index contributed by atoms with van der Waals surface area (Å²) >= 11 is 0. The van der Waals surface area contributed by atoms with Crippen LogP contribution in [-0.2, 0) is 19.5 Å². The second-order valence-electron chi connectivity index (χ2n) is 6.30. The molecule has 5 heteroatoms. The van der Waals surface area contributed by atoms with Gasteiger partial charge in [0.05, 0.1) is 11.7 Å². The predicted molar refractivity (Wildman–Crippen MR) is 85.6 cm³/mol. The van der Waals surface area contributed by atoms with E-state index in [4.69, 9.17) is 0 Å². The predicted octanol–water partition coefficient (Wildman–Crippen LogP) is 2.23. The van der Waals surface area contributed by atoms with Gasteiger partial charge in [-0.1, -0.05) is 6.07 Å². The summed E-state index contributed by atoms with van der Waals surface area (Å²) in [5, 5.41) is 4.42. The zero-order chi connectivity index (χ0) is 14.9. The fraction of sp³-hybridized carbons (Fsp3) is 0.412. The highest BCUT2D eigenvalue weighted by atomic mass is 15.2. The van der Waals surface area contributed by atoms with E-state index in [1.807, 2.05) is 29.2 Å². The van der Waals surface area contributed by atoms with E-state index in [0.717, 1.165) is 26.1 Å². The lowest BCUT2D eigenvalue weighted by Gasteiger charge is -2.28. The Morgan fingerprint density at radius 1 is 1.32 bits per heavy atom. The van der Waals surface area contributed by atoms with Gasteiger partial charge < -0.3 is 9.47 Å². The first-order valence-corrected chi connectivity index (χ1v) is 7.89. The first-order chi connectivity index (χ1) is 10.8. The summed E-state index contributed by atoms with van der Waals surface area (Å²) < 4.78 is 4.25. The molecule has 0 radical (unpaired) electrons. The highest BCUT2D eigenvalue weighted by Gasteiger charge is 2.20. The van der Waals surface area contributed by atoms with Crippen LogP contribution in [0.2, 0.25) is 0 Å². The normalized spacial score (nSPS) is 18.0. The number of aromatic nitrogens is 4. The maximum Gasteiger partial charge on any atom is 0.108 e. The summed E-state index contributed by atoms with van der Waals surface area (Å²) in [6.07, 6.45) is 10.3. The molecule has 1 aliphatic heterocycles. The second-order valence-corrected chi connectivity index (χ2v) is 6.30. The van der Waals surface area contributed by atoms with Gasteiger partial charge in [0.2, 0.25) is 0 Å². The van der Waals surface area contributed by atoms with Crippen LogP contribution in [0, 0.1) is 5.92 Å². The van der Waals surface area contributed by atoms with Crippen LogP contribution in [-0.4, -0.2) is 37.7 Å². The van der Waals surface area contributed by atoms with Crippen molar-refractivity contribution in [2.24, 2.45) is 5.92 Å². The minimum absolute atomic E-state index is 0.702. The SMILES string of the molecule is CN(Cc1cnn2ccccc12)C[C@H]1CCc2nccn2C1. The lowest BCUT2D eigenvalue weighted by atomic mass is 9.99. The smallest absolute Gasteiger partial charge is 0.108 e. The Morgan fingerprint density at radius 3 is 3.23 bits per heavy atom. The molecule has 4 heterocycles. The Balaban J connectivity index is 1.42. The van der Waals surface area contributed by atoms with Crippen molar-refractivity contribution in [3.8, 4) is 0 Å². The van der Waals surface area contributed by atoms with Gasteiger partial charge in [-0.25, -0.2) is 9.50 Å². The highest BCUT2D eigenvalue weighted by molar-refractivity contribution is 5.53. The van der Waals surface area contributed by atoms with Crippen molar-refractivity contribution in [2.75, 3.05) is 13.6 Å². The van der Waals surface area contributed by atoms with Gasteiger partial charge in [0.1, 0.15) is 5.82 Å². The molecule has 1 aliphatic rings. The Hall–Kier alpha value is -2.14. The molecule has 3 aromatic rings. The van der Waals surface area contributed by atoms with E-state index in [9.17, 15) is 0 Å². The Morgan fingerprint density at radius 2 is 2.27 bits per heavy atom. The number of rotatable bonds is 4. The lowest BCUT2D eigenvalue weighted by molar-refractivity contribution is 0.229. The molecule has 3 aromatic heterocycles. The van der Waals surface area contributed by atoms with Crippen molar-refractivity contribution in [1.82, 2.24) is 24.1 Å². The summed E-state index contributed by atoms with van der Waals surface area (Å²) in [6, 6.07) is 6.22. The number of fused-ring (bicyclic) bond motifs is 2. The summed E-state index contributed by atoms with van der Waals surface area (Å²) in [6.45, 7) is 3.15. The molecular formula is C17H21N5. The Labute approximate surface area is 130 Å². The van der Waals surface area contributed by atoms with Gasteiger partial charge in [0.15, 0.2) is 0 Å². The Kier molecular flexibility index (Phi) is 3.42. The van der Waals surface area contributed by atoms with Crippen LogP contribution in [0.5, 0.6) is 0 Å². The first-order valence-electron chi connectivity index (χ1n) is 7.89. The zero-order valence-electron chi connectivity index (χ0n) is 12.9. The molecule has 0 amide bonds. The summed E-state index contributed by atoms with van der Waals surface area (Å²) in [4.78, 5) is 6.82. The minimum Gasteiger partial charge on any atom is -0.335 e. The summed E-state index contributed by atoms with van der Waals surface area (Å²) in [5.41, 5.74) is 2.50. The van der Waals surface area contributed by atoms with Crippen molar-refractivity contribution < 1.29 is 0 Å². The van der Waals surface area contributed by atoms with Crippen LogP contribution in [0.3, 0.4) is 0 Å². The van der Waals surface area contributed by atoms with Crippen molar-refractivity contribution >= 4 is 5.52 Å². The van der Waals surface area contributed by atoms with Crippen LogP contribution in [0.1, 0.15) is 17.8 Å². The molecule has 0 aromatic carbocycles. The van der Waals surface area contributed by atoms with Gasteiger partial charge in [-0.15, -0.1) is 0 Å². The molecule has 5 nitrogen and oxygen atoms in total. The molecule has 0 aliphatic carbocycles. The zero-order valence-corrected chi connectivity index (χ0v) is 12.9. The van der Waals surface area contributed by atoms with Crippen molar-refractivity contribution in [3.63, 3.8) is 0 Å². The van der Waals surface area contributed by atoms with Crippen molar-refractivity contribution in [3.05, 3.63) is 54.4 Å². The number of hydrogen-bond donors (Lipinski definition) is 0. The molecule has 0 saturated carbocycles. The van der Waals surface area contributed by atoms with Crippen molar-refractivity contribution in [1.29, 1.82) is 0 Å². The molecule has 0 saturated heterocycles. The number of pyridine rings is 1. The largest absolute Gasteiger partial charge is 0.335 e. The van der Waals surface area contributed by atoms with Gasteiger partial charge in [-0.3, -0.25) is 0 Å². The van der Waals surface area contributed by atoms with E-state index < -0.39 is 0 Å². The third-order valence-electron chi connectivity index (χ3n) is 4.55. The van der Waals surface area contributed by atoms with E-state index >= 15 is 0 Å². The van der Waals surface area contributed by atoms with Gasteiger partial charge in [-0.2, -0.15) is 5.10 Å². The average Bonchev–Trinajstić information content (AvgIpc) is 3.14. The fourth-order valence-electron chi connectivity index (χ4n) is 3.49. The quantitative estimate of drug-likeness (QED) is 0.741. The molecule has 0 spiro atoms. The van der Waals surface area contributed by atoms with E-state index in [1.165, 1.54) is 23.3 Å². The van der Waals surface area contributed by atoms with Crippen LogP contribution in [0.15, 0.2) is 43.0 Å². The molecule has 22 heavy (non-hydrogen) atoms. The molecule has 1 atom stereocenters. The Bertz CT molecular complexity index is 772. The molecule has 114 valence electrons. The monoisotopic (exact) mass is 295 g/mol. The summed E-state index contributed by atoms with van der Waals surface area (Å²) in [5.74, 6) is 1.94. The molecule has 0 N–H and O–H groups in total.